The summed E-state index contributed by atoms with van der Waals surface area (Å²) in [4.78, 5) is 11.8. The maximum absolute atomic E-state index is 13.5. The molecule has 0 bridgehead atoms. The minimum absolute atomic E-state index is 0.219. The monoisotopic (exact) mass is 351 g/mol. The van der Waals surface area contributed by atoms with Gasteiger partial charge in [0.2, 0.25) is 0 Å². The van der Waals surface area contributed by atoms with Crippen molar-refractivity contribution in [2.75, 3.05) is 0 Å². The van der Waals surface area contributed by atoms with Gasteiger partial charge >= 0.3 is 5.97 Å². The molecule has 2 aromatic rings. The molecule has 2 N–H and O–H groups in total. The summed E-state index contributed by atoms with van der Waals surface area (Å²) in [5.74, 6) is -0.800. The second-order valence-corrected chi connectivity index (χ2v) is 5.92. The molecule has 0 heterocycles. The van der Waals surface area contributed by atoms with E-state index in [0.29, 0.717) is 0 Å². The van der Waals surface area contributed by atoms with Crippen LogP contribution in [0.2, 0.25) is 5.02 Å². The first-order valence-corrected chi connectivity index (χ1v) is 7.88. The average molecular weight is 352 g/mol. The van der Waals surface area contributed by atoms with E-state index in [1.807, 2.05) is 30.3 Å². The van der Waals surface area contributed by atoms with Crippen LogP contribution in [0.1, 0.15) is 25.5 Å². The van der Waals surface area contributed by atoms with E-state index in [-0.39, 0.29) is 10.8 Å². The molecule has 128 valence electrons. The van der Waals surface area contributed by atoms with Gasteiger partial charge in [-0.25, -0.2) is 4.39 Å². The van der Waals surface area contributed by atoms with Crippen LogP contribution in [0.5, 0.6) is 5.75 Å². The SMILES string of the molecule is C[C@H](N)C(=O)O[C@@H](C)[C@H](Oc1cc(F)cc(Cl)c1)c1ccccc1. The molecule has 4 nitrogen and oxygen atoms in total. The van der Waals surface area contributed by atoms with E-state index in [1.54, 1.807) is 13.8 Å². The number of nitrogens with two attached hydrogens (primary N) is 1. The molecular formula is C18H19ClFNO3. The molecule has 0 spiro atoms. The first-order valence-electron chi connectivity index (χ1n) is 7.50. The van der Waals surface area contributed by atoms with E-state index in [1.165, 1.54) is 18.2 Å². The first kappa shape index (κ1) is 18.2. The zero-order valence-corrected chi connectivity index (χ0v) is 14.2. The van der Waals surface area contributed by atoms with Crippen LogP contribution in [0.25, 0.3) is 0 Å². The van der Waals surface area contributed by atoms with Crippen molar-refractivity contribution in [2.45, 2.75) is 32.1 Å². The highest BCUT2D eigenvalue weighted by atomic mass is 35.5. The van der Waals surface area contributed by atoms with Gasteiger partial charge in [0.15, 0.2) is 6.10 Å². The topological polar surface area (TPSA) is 61.6 Å². The van der Waals surface area contributed by atoms with Gasteiger partial charge in [-0.15, -0.1) is 0 Å². The van der Waals surface area contributed by atoms with E-state index in [2.05, 4.69) is 0 Å². The molecule has 0 amide bonds. The van der Waals surface area contributed by atoms with Crippen LogP contribution < -0.4 is 10.5 Å². The summed E-state index contributed by atoms with van der Waals surface area (Å²) in [6.07, 6.45) is -1.26. The summed E-state index contributed by atoms with van der Waals surface area (Å²) < 4.78 is 24.7. The van der Waals surface area contributed by atoms with E-state index in [4.69, 9.17) is 26.8 Å². The first-order chi connectivity index (χ1) is 11.4. The van der Waals surface area contributed by atoms with Gasteiger partial charge in [-0.2, -0.15) is 0 Å². The van der Waals surface area contributed by atoms with Crippen molar-refractivity contribution < 1.29 is 18.7 Å². The molecule has 3 atom stereocenters. The molecule has 0 unspecified atom stereocenters. The van der Waals surface area contributed by atoms with E-state index < -0.39 is 30.0 Å². The Hall–Kier alpha value is -2.11. The lowest BCUT2D eigenvalue weighted by atomic mass is 10.0. The Kier molecular flexibility index (Phi) is 6.17. The third-order valence-corrected chi connectivity index (χ3v) is 3.55. The van der Waals surface area contributed by atoms with Gasteiger partial charge in [-0.3, -0.25) is 4.79 Å². The highest BCUT2D eigenvalue weighted by Gasteiger charge is 2.26. The van der Waals surface area contributed by atoms with Crippen molar-refractivity contribution in [3.63, 3.8) is 0 Å². The van der Waals surface area contributed by atoms with Crippen molar-refractivity contribution in [3.05, 3.63) is 64.9 Å². The van der Waals surface area contributed by atoms with Crippen molar-refractivity contribution >= 4 is 17.6 Å². The molecule has 2 rings (SSSR count). The van der Waals surface area contributed by atoms with E-state index in [9.17, 15) is 9.18 Å². The Morgan fingerprint density at radius 3 is 2.42 bits per heavy atom. The van der Waals surface area contributed by atoms with E-state index >= 15 is 0 Å². The van der Waals surface area contributed by atoms with Gasteiger partial charge in [0, 0.05) is 11.1 Å². The molecule has 24 heavy (non-hydrogen) atoms. The Labute approximate surface area is 145 Å². The molecule has 0 fully saturated rings. The summed E-state index contributed by atoms with van der Waals surface area (Å²) in [6.45, 7) is 3.23. The average Bonchev–Trinajstić information content (AvgIpc) is 2.52. The highest BCUT2D eigenvalue weighted by Crippen LogP contribution is 2.29. The predicted octanol–water partition coefficient (Wildman–Crippen LogP) is 3.88. The fourth-order valence-corrected chi connectivity index (χ4v) is 2.38. The summed E-state index contributed by atoms with van der Waals surface area (Å²) in [7, 11) is 0. The minimum Gasteiger partial charge on any atom is -0.482 e. The van der Waals surface area contributed by atoms with Crippen LogP contribution >= 0.6 is 11.6 Å². The Bertz CT molecular complexity index is 674. The maximum Gasteiger partial charge on any atom is 0.323 e. The van der Waals surface area contributed by atoms with Gasteiger partial charge in [0.05, 0.1) is 0 Å². The Morgan fingerprint density at radius 2 is 1.83 bits per heavy atom. The number of carbonyl (C=O) groups excluding carboxylic acids is 1. The Morgan fingerprint density at radius 1 is 1.17 bits per heavy atom. The van der Waals surface area contributed by atoms with Gasteiger partial charge < -0.3 is 15.2 Å². The van der Waals surface area contributed by atoms with Crippen molar-refractivity contribution in [3.8, 4) is 5.75 Å². The standard InChI is InChI=1S/C18H19ClFNO3/c1-11(21)18(22)23-12(2)17(13-6-4-3-5-7-13)24-16-9-14(19)8-15(20)10-16/h3-12,17H,21H2,1-2H3/t11-,12-,17-/m0/s1. The molecule has 0 aliphatic carbocycles. The second kappa shape index (κ2) is 8.13. The highest BCUT2D eigenvalue weighted by molar-refractivity contribution is 6.30. The van der Waals surface area contributed by atoms with Gasteiger partial charge in [-0.1, -0.05) is 41.9 Å². The lowest BCUT2D eigenvalue weighted by molar-refractivity contribution is -0.154. The van der Waals surface area contributed by atoms with Crippen molar-refractivity contribution in [1.82, 2.24) is 0 Å². The van der Waals surface area contributed by atoms with Crippen LogP contribution in [-0.2, 0) is 9.53 Å². The predicted molar refractivity (Wildman–Crippen MR) is 90.4 cm³/mol. The van der Waals surface area contributed by atoms with Crippen molar-refractivity contribution in [1.29, 1.82) is 0 Å². The molecular weight excluding hydrogens is 333 g/mol. The number of halogens is 2. The smallest absolute Gasteiger partial charge is 0.323 e. The zero-order chi connectivity index (χ0) is 17.7. The van der Waals surface area contributed by atoms with Gasteiger partial charge in [0.25, 0.3) is 0 Å². The van der Waals surface area contributed by atoms with Crippen LogP contribution in [-0.4, -0.2) is 18.1 Å². The summed E-state index contributed by atoms with van der Waals surface area (Å²) in [5, 5.41) is 0.219. The fraction of sp³-hybridized carbons (Fsp3) is 0.278. The number of esters is 1. The van der Waals surface area contributed by atoms with Crippen LogP contribution in [0.4, 0.5) is 4.39 Å². The quantitative estimate of drug-likeness (QED) is 0.802. The lowest BCUT2D eigenvalue weighted by Crippen LogP contribution is -2.34. The van der Waals surface area contributed by atoms with Crippen molar-refractivity contribution in [2.24, 2.45) is 5.73 Å². The summed E-state index contributed by atoms with van der Waals surface area (Å²) >= 11 is 5.86. The number of carbonyl (C=O) groups is 1. The van der Waals surface area contributed by atoms with Gasteiger partial charge in [0.1, 0.15) is 23.7 Å². The Balaban J connectivity index is 2.27. The number of rotatable bonds is 6. The molecule has 0 aromatic heterocycles. The number of ether oxygens (including phenoxy) is 2. The maximum atomic E-state index is 13.5. The molecule has 2 aromatic carbocycles. The minimum atomic E-state index is -0.743. The molecule has 6 heteroatoms. The molecule has 0 radical (unpaired) electrons. The van der Waals surface area contributed by atoms with E-state index in [0.717, 1.165) is 5.56 Å². The number of hydrogen-bond acceptors (Lipinski definition) is 4. The lowest BCUT2D eigenvalue weighted by Gasteiger charge is -2.26. The molecule has 0 saturated carbocycles. The zero-order valence-electron chi connectivity index (χ0n) is 13.4. The fourth-order valence-electron chi connectivity index (χ4n) is 2.17. The molecule has 0 aliphatic heterocycles. The van der Waals surface area contributed by atoms with Crippen LogP contribution in [0.15, 0.2) is 48.5 Å². The third kappa shape index (κ3) is 4.94. The molecule has 0 saturated heterocycles. The second-order valence-electron chi connectivity index (χ2n) is 5.48. The summed E-state index contributed by atoms with van der Waals surface area (Å²) in [6, 6.07) is 12.4. The third-order valence-electron chi connectivity index (χ3n) is 3.33. The summed E-state index contributed by atoms with van der Waals surface area (Å²) in [5.41, 5.74) is 6.31. The van der Waals surface area contributed by atoms with Crippen LogP contribution in [0.3, 0.4) is 0 Å². The number of benzene rings is 2. The van der Waals surface area contributed by atoms with Crippen LogP contribution in [0, 0.1) is 5.82 Å². The normalized spacial score (nSPS) is 14.5. The molecule has 0 aliphatic rings. The largest absolute Gasteiger partial charge is 0.482 e. The number of hydrogen-bond donors (Lipinski definition) is 1. The van der Waals surface area contributed by atoms with Gasteiger partial charge in [-0.05, 0) is 31.5 Å².